The van der Waals surface area contributed by atoms with Crippen LogP contribution in [0.4, 0.5) is 0 Å². The fraction of sp³-hybridized carbons (Fsp3) is 0.111. The highest BCUT2D eigenvalue weighted by molar-refractivity contribution is 9.10. The molecule has 0 radical (unpaired) electrons. The number of carbonyl (C=O) groups is 2. The zero-order valence-electron chi connectivity index (χ0n) is 7.21. The lowest BCUT2D eigenvalue weighted by molar-refractivity contribution is -0.135. The van der Waals surface area contributed by atoms with Gasteiger partial charge in [-0.05, 0) is 18.2 Å². The van der Waals surface area contributed by atoms with Gasteiger partial charge < -0.3 is 4.74 Å². The maximum absolute atomic E-state index is 11.4. The van der Waals surface area contributed by atoms with Crippen molar-refractivity contribution in [1.82, 2.24) is 0 Å². The molecule has 0 aromatic heterocycles. The second kappa shape index (κ2) is 4.57. The number of carbonyl (C=O) groups excluding carboxylic acids is 2. The van der Waals surface area contributed by atoms with E-state index < -0.39 is 11.8 Å². The van der Waals surface area contributed by atoms with Crippen LogP contribution in [0.25, 0.3) is 0 Å². The van der Waals surface area contributed by atoms with E-state index in [1.165, 1.54) is 6.07 Å². The van der Waals surface area contributed by atoms with Crippen LogP contribution in [0.2, 0.25) is 5.02 Å². The lowest BCUT2D eigenvalue weighted by atomic mass is 10.1. The lowest BCUT2D eigenvalue weighted by Gasteiger charge is -2.02. The third kappa shape index (κ3) is 2.33. The van der Waals surface area contributed by atoms with Gasteiger partial charge in [-0.3, -0.25) is 4.79 Å². The molecule has 0 saturated heterocycles. The Kier molecular flexibility index (Phi) is 3.66. The smallest absolute Gasteiger partial charge is 0.379 e. The van der Waals surface area contributed by atoms with Gasteiger partial charge in [0.05, 0.1) is 7.11 Å². The first kappa shape index (κ1) is 11.2. The molecule has 0 aliphatic rings. The first-order chi connectivity index (χ1) is 6.56. The van der Waals surface area contributed by atoms with Gasteiger partial charge in [-0.15, -0.1) is 0 Å². The second-order valence-corrected chi connectivity index (χ2v) is 3.74. The highest BCUT2D eigenvalue weighted by Gasteiger charge is 2.19. The van der Waals surface area contributed by atoms with E-state index in [1.54, 1.807) is 12.1 Å². The first-order valence-corrected chi connectivity index (χ1v) is 4.81. The summed E-state index contributed by atoms with van der Waals surface area (Å²) in [6, 6.07) is 4.61. The lowest BCUT2D eigenvalue weighted by Crippen LogP contribution is -2.16. The van der Waals surface area contributed by atoms with Crippen molar-refractivity contribution in [2.24, 2.45) is 0 Å². The highest BCUT2D eigenvalue weighted by atomic mass is 79.9. The maximum Gasteiger partial charge on any atom is 0.379 e. The molecule has 3 nitrogen and oxygen atoms in total. The number of halogens is 2. The number of methoxy groups -OCH3 is 1. The molecule has 1 rings (SSSR count). The topological polar surface area (TPSA) is 43.4 Å². The molecule has 0 spiro atoms. The summed E-state index contributed by atoms with van der Waals surface area (Å²) >= 11 is 8.82. The van der Waals surface area contributed by atoms with Crippen LogP contribution in [0, 0.1) is 0 Å². The summed E-state index contributed by atoms with van der Waals surface area (Å²) in [6.07, 6.45) is 0. The molecule has 0 atom stereocenters. The Labute approximate surface area is 94.1 Å². The Morgan fingerprint density at radius 1 is 1.43 bits per heavy atom. The van der Waals surface area contributed by atoms with Crippen LogP contribution in [0.3, 0.4) is 0 Å². The molecular formula is C9H6BrClO3. The van der Waals surface area contributed by atoms with Gasteiger partial charge in [0.1, 0.15) is 0 Å². The van der Waals surface area contributed by atoms with Gasteiger partial charge in [-0.25, -0.2) is 4.79 Å². The van der Waals surface area contributed by atoms with Crippen LogP contribution in [0.5, 0.6) is 0 Å². The van der Waals surface area contributed by atoms with Crippen LogP contribution in [-0.2, 0) is 9.53 Å². The quantitative estimate of drug-likeness (QED) is 0.474. The third-order valence-corrected chi connectivity index (χ3v) is 2.47. The summed E-state index contributed by atoms with van der Waals surface area (Å²) in [7, 11) is 1.15. The van der Waals surface area contributed by atoms with Crippen molar-refractivity contribution < 1.29 is 14.3 Å². The van der Waals surface area contributed by atoms with Gasteiger partial charge >= 0.3 is 5.97 Å². The van der Waals surface area contributed by atoms with E-state index in [0.29, 0.717) is 9.50 Å². The average molecular weight is 278 g/mol. The SMILES string of the molecule is COC(=O)C(=O)c1cc(Cl)ccc1Br. The largest absolute Gasteiger partial charge is 0.463 e. The first-order valence-electron chi connectivity index (χ1n) is 3.64. The monoisotopic (exact) mass is 276 g/mol. The van der Waals surface area contributed by atoms with Crippen molar-refractivity contribution >= 4 is 39.3 Å². The molecule has 0 aliphatic heterocycles. The van der Waals surface area contributed by atoms with Crippen LogP contribution in [-0.4, -0.2) is 18.9 Å². The number of ketones is 1. The zero-order chi connectivity index (χ0) is 10.7. The minimum Gasteiger partial charge on any atom is -0.463 e. The number of rotatable bonds is 2. The molecule has 0 heterocycles. The number of benzene rings is 1. The van der Waals surface area contributed by atoms with Gasteiger partial charge in [0, 0.05) is 15.1 Å². The van der Waals surface area contributed by atoms with Crippen molar-refractivity contribution in [3.63, 3.8) is 0 Å². The molecule has 0 aliphatic carbocycles. The molecule has 14 heavy (non-hydrogen) atoms. The normalized spacial score (nSPS) is 9.64. The molecule has 5 heteroatoms. The van der Waals surface area contributed by atoms with E-state index in [1.807, 2.05) is 0 Å². The van der Waals surface area contributed by atoms with E-state index in [9.17, 15) is 9.59 Å². The van der Waals surface area contributed by atoms with E-state index in [-0.39, 0.29) is 5.56 Å². The molecule has 0 N–H and O–H groups in total. The number of hydrogen-bond acceptors (Lipinski definition) is 3. The van der Waals surface area contributed by atoms with Crippen LogP contribution < -0.4 is 0 Å². The Bertz CT molecular complexity index is 390. The second-order valence-electron chi connectivity index (χ2n) is 2.44. The summed E-state index contributed by atoms with van der Waals surface area (Å²) in [5.41, 5.74) is 0.198. The molecule has 0 unspecified atom stereocenters. The van der Waals surface area contributed by atoms with E-state index in [2.05, 4.69) is 20.7 Å². The van der Waals surface area contributed by atoms with Gasteiger partial charge in [0.2, 0.25) is 0 Å². The van der Waals surface area contributed by atoms with E-state index in [4.69, 9.17) is 11.6 Å². The average Bonchev–Trinajstić information content (AvgIpc) is 2.19. The number of hydrogen-bond donors (Lipinski definition) is 0. The molecular weight excluding hydrogens is 271 g/mol. The van der Waals surface area contributed by atoms with Gasteiger partial charge in [-0.1, -0.05) is 27.5 Å². The third-order valence-electron chi connectivity index (χ3n) is 1.54. The number of ether oxygens (including phenoxy) is 1. The van der Waals surface area contributed by atoms with Gasteiger partial charge in [0.15, 0.2) is 0 Å². The van der Waals surface area contributed by atoms with Crippen molar-refractivity contribution in [3.8, 4) is 0 Å². The van der Waals surface area contributed by atoms with Crippen LogP contribution >= 0.6 is 27.5 Å². The van der Waals surface area contributed by atoms with Crippen molar-refractivity contribution in [2.75, 3.05) is 7.11 Å². The number of esters is 1. The minimum atomic E-state index is -0.909. The molecule has 1 aromatic carbocycles. The number of Topliss-reactive ketones (excluding diaryl/α,β-unsaturated/α-hetero) is 1. The molecule has 0 saturated carbocycles. The Balaban J connectivity index is 3.12. The molecule has 0 amide bonds. The molecule has 0 fully saturated rings. The Morgan fingerprint density at radius 3 is 2.64 bits per heavy atom. The van der Waals surface area contributed by atoms with Crippen molar-refractivity contribution in [1.29, 1.82) is 0 Å². The summed E-state index contributed by atoms with van der Waals surface area (Å²) < 4.78 is 4.82. The summed E-state index contributed by atoms with van der Waals surface area (Å²) in [5, 5.41) is 0.389. The standard InChI is InChI=1S/C9H6BrClO3/c1-14-9(13)8(12)6-4-5(11)2-3-7(6)10/h2-4H,1H3. The van der Waals surface area contributed by atoms with Crippen molar-refractivity contribution in [3.05, 3.63) is 33.3 Å². The Morgan fingerprint density at radius 2 is 2.07 bits per heavy atom. The van der Waals surface area contributed by atoms with E-state index in [0.717, 1.165) is 7.11 Å². The minimum absolute atomic E-state index is 0.198. The van der Waals surface area contributed by atoms with Crippen LogP contribution in [0.15, 0.2) is 22.7 Å². The molecule has 1 aromatic rings. The summed E-state index contributed by atoms with van der Waals surface area (Å²) in [4.78, 5) is 22.3. The van der Waals surface area contributed by atoms with Gasteiger partial charge in [-0.2, -0.15) is 0 Å². The highest BCUT2D eigenvalue weighted by Crippen LogP contribution is 2.21. The molecule has 0 bridgehead atoms. The Hall–Kier alpha value is -0.870. The fourth-order valence-electron chi connectivity index (χ4n) is 0.874. The fourth-order valence-corrected chi connectivity index (χ4v) is 1.47. The summed E-state index contributed by atoms with van der Waals surface area (Å²) in [5.74, 6) is -1.63. The maximum atomic E-state index is 11.4. The molecule has 74 valence electrons. The van der Waals surface area contributed by atoms with Crippen molar-refractivity contribution in [2.45, 2.75) is 0 Å². The van der Waals surface area contributed by atoms with Gasteiger partial charge in [0.25, 0.3) is 5.78 Å². The zero-order valence-corrected chi connectivity index (χ0v) is 9.55. The van der Waals surface area contributed by atoms with E-state index >= 15 is 0 Å². The summed E-state index contributed by atoms with van der Waals surface area (Å²) in [6.45, 7) is 0. The van der Waals surface area contributed by atoms with Crippen LogP contribution in [0.1, 0.15) is 10.4 Å². The predicted octanol–water partition coefficient (Wildman–Crippen LogP) is 2.46. The predicted molar refractivity (Wildman–Crippen MR) is 55.5 cm³/mol.